The van der Waals surface area contributed by atoms with E-state index in [9.17, 15) is 0 Å². The molecule has 7 fully saturated rings. The maximum atomic E-state index is 7.76. The van der Waals surface area contributed by atoms with E-state index < -0.39 is 70.4 Å². The monoisotopic (exact) mass is 916 g/mol. The highest BCUT2D eigenvalue weighted by molar-refractivity contribution is 7.03. The van der Waals surface area contributed by atoms with Gasteiger partial charge in [-0.25, -0.2) is 0 Å². The Morgan fingerprint density at radius 1 is 0.364 bits per heavy atom. The molecule has 22 heteroatoms. The second kappa shape index (κ2) is 16.8. The van der Waals surface area contributed by atoms with E-state index in [1.165, 1.54) is 0 Å². The van der Waals surface area contributed by atoms with Crippen molar-refractivity contribution in [3.63, 3.8) is 0 Å². The molecule has 1 unspecified atom stereocenters. The molecule has 0 aromatic heterocycles. The lowest BCUT2D eigenvalue weighted by molar-refractivity contribution is -0.0353. The van der Waals surface area contributed by atoms with Crippen molar-refractivity contribution in [1.29, 1.82) is 0 Å². The van der Waals surface area contributed by atoms with Gasteiger partial charge in [0.05, 0.1) is 19.8 Å². The summed E-state index contributed by atoms with van der Waals surface area (Å²) in [6.07, 6.45) is 0.101. The second-order valence-corrected chi connectivity index (χ2v) is 43.7. The van der Waals surface area contributed by atoms with Crippen LogP contribution in [0.3, 0.4) is 0 Å². The maximum absolute atomic E-state index is 7.76. The highest BCUT2D eigenvalue weighted by Crippen LogP contribution is 2.55. The van der Waals surface area contributed by atoms with Crippen LogP contribution in [0.2, 0.25) is 48.4 Å². The zero-order chi connectivity index (χ0) is 40.3. The lowest BCUT2D eigenvalue weighted by atomic mass is 10.3. The third kappa shape index (κ3) is 11.0. The summed E-state index contributed by atoms with van der Waals surface area (Å²) in [5.41, 5.74) is 0. The smallest absolute Gasteiger partial charge is 0.379 e. The van der Waals surface area contributed by atoms with Gasteiger partial charge in [-0.05, 0) is 41.4 Å². The highest BCUT2D eigenvalue weighted by Gasteiger charge is 2.83. The predicted molar refractivity (Wildman–Crippen MR) is 222 cm³/mol. The van der Waals surface area contributed by atoms with Crippen LogP contribution >= 0.6 is 0 Å². The average Bonchev–Trinajstić information content (AvgIpc) is 3.72. The Morgan fingerprint density at radius 2 is 0.564 bits per heavy atom. The molecule has 7 aliphatic rings. The van der Waals surface area contributed by atoms with Gasteiger partial charge in [-0.3, -0.25) is 0 Å². The molecule has 7 saturated heterocycles. The molecule has 0 saturated carbocycles. The topological polar surface area (TPSA) is 133 Å². The van der Waals surface area contributed by atoms with Gasteiger partial charge in [0, 0.05) is 48.4 Å². The first-order valence-corrected chi connectivity index (χ1v) is 36.5. The Morgan fingerprint density at radius 3 is 0.745 bits per heavy atom. The first-order valence-electron chi connectivity index (χ1n) is 21.1. The molecule has 0 aromatic carbocycles. The lowest BCUT2D eigenvalue weighted by Gasteiger charge is -2.64. The summed E-state index contributed by atoms with van der Waals surface area (Å²) in [7, 11) is -31.4. The number of ether oxygens (including phenoxy) is 2. The van der Waals surface area contributed by atoms with Crippen molar-refractivity contribution < 1.29 is 58.9 Å². The molecule has 0 radical (unpaired) electrons. The van der Waals surface area contributed by atoms with Gasteiger partial charge < -0.3 is 58.9 Å². The van der Waals surface area contributed by atoms with Crippen molar-refractivity contribution in [2.45, 2.75) is 151 Å². The Balaban J connectivity index is 1.70. The zero-order valence-electron chi connectivity index (χ0n) is 36.1. The van der Waals surface area contributed by atoms with E-state index in [1.807, 2.05) is 0 Å². The average molecular weight is 918 g/mol. The molecular weight excluding hydrogens is 845 g/mol. The Hall–Kier alpha value is 1.18. The number of hydrogen-bond donors (Lipinski definition) is 0. The fourth-order valence-electron chi connectivity index (χ4n) is 8.45. The summed E-state index contributed by atoms with van der Waals surface area (Å²) < 4.78 is 105. The van der Waals surface area contributed by atoms with Crippen LogP contribution in [0.1, 0.15) is 96.9 Å². The summed E-state index contributed by atoms with van der Waals surface area (Å²) in [4.78, 5) is 0. The molecule has 0 aliphatic carbocycles. The normalized spacial score (nSPS) is 42.6. The van der Waals surface area contributed by atoms with E-state index in [0.717, 1.165) is 0 Å². The molecule has 7 heterocycles. The SMILES string of the molecule is CC(C)C[Si]12O[Si]3(CCOCC4CO4)O[Si]4(CC(C)C)O[Si](CC(C)C)(O1)O[Si]1(CC(C)C)O[Si](CC(C)C)(O2)O[Si](CC(C)C)(O3)O[Si](CC(C)C)(O4)O1. The number of rotatable bonds is 19. The molecule has 0 aromatic rings. The van der Waals surface area contributed by atoms with Crippen LogP contribution in [-0.4, -0.2) is 96.4 Å². The van der Waals surface area contributed by atoms with E-state index in [0.29, 0.717) is 68.2 Å². The minimum absolute atomic E-state index is 0.101. The fraction of sp³-hybridized carbons (Fsp3) is 1.00. The molecule has 7 aliphatic heterocycles. The van der Waals surface area contributed by atoms with Gasteiger partial charge in [-0.15, -0.1) is 0 Å². The van der Waals surface area contributed by atoms with Crippen molar-refractivity contribution in [1.82, 2.24) is 0 Å². The first kappa shape index (κ1) is 45.7. The number of hydrogen-bond acceptors (Lipinski definition) is 14. The summed E-state index contributed by atoms with van der Waals surface area (Å²) >= 11 is 0. The van der Waals surface area contributed by atoms with Crippen molar-refractivity contribution in [3.8, 4) is 0 Å². The van der Waals surface area contributed by atoms with Crippen LogP contribution in [0.5, 0.6) is 0 Å². The van der Waals surface area contributed by atoms with Gasteiger partial charge >= 0.3 is 70.4 Å². The van der Waals surface area contributed by atoms with E-state index >= 15 is 0 Å². The van der Waals surface area contributed by atoms with Crippen molar-refractivity contribution in [2.24, 2.45) is 41.4 Å². The number of epoxide rings is 1. The van der Waals surface area contributed by atoms with E-state index in [2.05, 4.69) is 96.9 Å². The van der Waals surface area contributed by atoms with E-state index in [-0.39, 0.29) is 47.5 Å². The predicted octanol–water partition coefficient (Wildman–Crippen LogP) is 7.77. The van der Waals surface area contributed by atoms with Gasteiger partial charge in [0.2, 0.25) is 0 Å². The third-order valence-corrected chi connectivity index (χ3v) is 49.5. The summed E-state index contributed by atoms with van der Waals surface area (Å²) in [6, 6.07) is 3.65. The van der Waals surface area contributed by atoms with Gasteiger partial charge in [0.25, 0.3) is 0 Å². The largest absolute Gasteiger partial charge is 0.481 e. The molecule has 1 atom stereocenters. The standard InChI is InChI=1S/C33H72O14Si8/c1-26(2)19-49-36-48(16-15-34-17-33-18-35-33)37-50(20-27(3)4)41-52(39-49,22-29(7)8)45-55(25-32(13)14)46-53(40-49,23-30(9)10)42-51(38-48,21-28(5)6)44-54(43-50,47-55)24-31(11)12/h26-33H,15-25H2,1-14H3. The first-order chi connectivity index (χ1) is 25.5. The summed E-state index contributed by atoms with van der Waals surface area (Å²) in [6.45, 7) is 31.8. The molecule has 7 rings (SSSR count). The van der Waals surface area contributed by atoms with Crippen molar-refractivity contribution >= 4 is 70.4 Å². The van der Waals surface area contributed by atoms with Gasteiger partial charge in [-0.2, -0.15) is 0 Å². The molecule has 0 spiro atoms. The summed E-state index contributed by atoms with van der Waals surface area (Å²) in [5, 5.41) is 0. The minimum atomic E-state index is -4.01. The van der Waals surface area contributed by atoms with Crippen LogP contribution in [0.4, 0.5) is 0 Å². The fourth-order valence-corrected chi connectivity index (χ4v) is 59.8. The summed E-state index contributed by atoms with van der Waals surface area (Å²) in [5.74, 6) is 0.834. The minimum Gasteiger partial charge on any atom is -0.379 e. The third-order valence-electron chi connectivity index (χ3n) is 9.60. The van der Waals surface area contributed by atoms with Crippen molar-refractivity contribution in [3.05, 3.63) is 0 Å². The van der Waals surface area contributed by atoms with E-state index in [4.69, 9.17) is 58.9 Å². The van der Waals surface area contributed by atoms with Gasteiger partial charge in [0.1, 0.15) is 6.10 Å². The molecule has 55 heavy (non-hydrogen) atoms. The van der Waals surface area contributed by atoms with Crippen LogP contribution in [0.25, 0.3) is 0 Å². The highest BCUT2D eigenvalue weighted by atomic mass is 28.6. The molecule has 0 N–H and O–H groups in total. The van der Waals surface area contributed by atoms with Crippen LogP contribution < -0.4 is 0 Å². The Labute approximate surface area is 340 Å². The van der Waals surface area contributed by atoms with E-state index in [1.54, 1.807) is 0 Å². The zero-order valence-corrected chi connectivity index (χ0v) is 44.1. The van der Waals surface area contributed by atoms with Crippen LogP contribution in [-0.2, 0) is 58.9 Å². The van der Waals surface area contributed by atoms with Crippen LogP contribution in [0, 0.1) is 41.4 Å². The van der Waals surface area contributed by atoms with Gasteiger partial charge in [0.15, 0.2) is 0 Å². The molecular formula is C33H72O14Si8. The molecule has 8 bridgehead atoms. The molecule has 0 amide bonds. The van der Waals surface area contributed by atoms with Crippen LogP contribution in [0.15, 0.2) is 0 Å². The second-order valence-electron chi connectivity index (χ2n) is 19.7. The van der Waals surface area contributed by atoms with Crippen molar-refractivity contribution in [2.75, 3.05) is 19.8 Å². The maximum Gasteiger partial charge on any atom is 0.481 e. The van der Waals surface area contributed by atoms with Gasteiger partial charge in [-0.1, -0.05) is 96.9 Å². The lowest BCUT2D eigenvalue weighted by Crippen LogP contribution is -2.88. The Kier molecular flexibility index (Phi) is 14.0. The molecule has 320 valence electrons. The quantitative estimate of drug-likeness (QED) is 0.0710. The molecule has 14 nitrogen and oxygen atoms in total. The Bertz CT molecular complexity index is 1170.